The molecular weight excluding hydrogens is 320 g/mol. The van der Waals surface area contributed by atoms with Crippen molar-refractivity contribution in [2.24, 2.45) is 5.92 Å². The minimum Gasteiger partial charge on any atom is -0.455 e. The Kier molecular flexibility index (Phi) is 5.19. The molecule has 138 valence electrons. The lowest BCUT2D eigenvalue weighted by Crippen LogP contribution is -2.34. The van der Waals surface area contributed by atoms with Gasteiger partial charge in [-0.3, -0.25) is 0 Å². The number of aliphatic hydroxyl groups is 2. The van der Waals surface area contributed by atoms with Gasteiger partial charge in [-0.15, -0.1) is 0 Å². The van der Waals surface area contributed by atoms with Gasteiger partial charge in [0, 0.05) is 11.5 Å². The highest BCUT2D eigenvalue weighted by Gasteiger charge is 2.58. The summed E-state index contributed by atoms with van der Waals surface area (Å²) in [5.41, 5.74) is 1.96. The van der Waals surface area contributed by atoms with Crippen molar-refractivity contribution in [3.8, 4) is 0 Å². The number of rotatable bonds is 1. The predicted octanol–water partition coefficient (Wildman–Crippen LogP) is 2.43. The molecule has 0 saturated carbocycles. The zero-order valence-electron chi connectivity index (χ0n) is 15.0. The van der Waals surface area contributed by atoms with Crippen LogP contribution in [0.5, 0.6) is 0 Å². The number of carbonyl (C=O) groups excluding carboxylic acids is 1. The van der Waals surface area contributed by atoms with Crippen molar-refractivity contribution >= 4 is 5.97 Å². The molecule has 3 rings (SSSR count). The molecule has 25 heavy (non-hydrogen) atoms. The van der Waals surface area contributed by atoms with E-state index in [1.807, 2.05) is 13.0 Å². The summed E-state index contributed by atoms with van der Waals surface area (Å²) in [5.74, 6) is -0.733. The van der Waals surface area contributed by atoms with Gasteiger partial charge in [0.1, 0.15) is 17.8 Å². The zero-order valence-corrected chi connectivity index (χ0v) is 15.0. The Hall–Kier alpha value is -1.43. The summed E-state index contributed by atoms with van der Waals surface area (Å²) in [6, 6.07) is 0. The van der Waals surface area contributed by atoms with Gasteiger partial charge in [-0.05, 0) is 51.5 Å². The molecular formula is C20H28O5. The lowest BCUT2D eigenvalue weighted by molar-refractivity contribution is -0.142. The molecule has 3 aliphatic rings. The standard InChI is InChI=1S/C20H28O5/c1-12-6-4-8-13(2)17(22)18-15(14(3)19(23)24-18)10-16-20(11-21,25-16)9-5-7-12/h7-8,15-18,21-22H,3-6,9-11H2,1-2H3/b12-7+,13-8-/t15-,16-,17+,18-,20+/m1/s1. The Morgan fingerprint density at radius 3 is 2.80 bits per heavy atom. The Bertz CT molecular complexity index is 620. The molecule has 2 aliphatic heterocycles. The van der Waals surface area contributed by atoms with E-state index in [4.69, 9.17) is 9.47 Å². The summed E-state index contributed by atoms with van der Waals surface area (Å²) < 4.78 is 11.3. The van der Waals surface area contributed by atoms with Gasteiger partial charge in [-0.2, -0.15) is 0 Å². The Balaban J connectivity index is 1.86. The van der Waals surface area contributed by atoms with Crippen molar-refractivity contribution in [3.05, 3.63) is 35.5 Å². The Labute approximate surface area is 149 Å². The van der Waals surface area contributed by atoms with Crippen LogP contribution < -0.4 is 0 Å². The number of allylic oxidation sites excluding steroid dienone is 3. The lowest BCUT2D eigenvalue weighted by atomic mass is 9.84. The molecule has 2 heterocycles. The van der Waals surface area contributed by atoms with E-state index >= 15 is 0 Å². The molecule has 5 nitrogen and oxygen atoms in total. The molecule has 2 fully saturated rings. The maximum Gasteiger partial charge on any atom is 0.334 e. The number of hydrogen-bond donors (Lipinski definition) is 2. The van der Waals surface area contributed by atoms with Crippen molar-refractivity contribution < 1.29 is 24.5 Å². The normalized spacial score (nSPS) is 43.7. The van der Waals surface area contributed by atoms with E-state index in [0.29, 0.717) is 12.0 Å². The number of fused-ring (bicyclic) bond motifs is 2. The molecule has 0 aromatic rings. The van der Waals surface area contributed by atoms with Gasteiger partial charge in [0.25, 0.3) is 0 Å². The fourth-order valence-corrected chi connectivity index (χ4v) is 3.95. The third kappa shape index (κ3) is 3.59. The molecule has 2 saturated heterocycles. The summed E-state index contributed by atoms with van der Waals surface area (Å²) in [6.07, 6.45) is 6.51. The lowest BCUT2D eigenvalue weighted by Gasteiger charge is -2.24. The van der Waals surface area contributed by atoms with E-state index in [1.165, 1.54) is 5.57 Å². The van der Waals surface area contributed by atoms with Crippen LogP contribution in [0, 0.1) is 5.92 Å². The second kappa shape index (κ2) is 7.06. The largest absolute Gasteiger partial charge is 0.455 e. The molecule has 0 unspecified atom stereocenters. The van der Waals surface area contributed by atoms with Crippen molar-refractivity contribution in [1.29, 1.82) is 0 Å². The van der Waals surface area contributed by atoms with Crippen LogP contribution in [0.3, 0.4) is 0 Å². The van der Waals surface area contributed by atoms with Crippen LogP contribution >= 0.6 is 0 Å². The first-order valence-electron chi connectivity index (χ1n) is 9.07. The number of epoxide rings is 1. The molecule has 0 aromatic carbocycles. The fourth-order valence-electron chi connectivity index (χ4n) is 3.95. The molecule has 1 aliphatic carbocycles. The average molecular weight is 348 g/mol. The van der Waals surface area contributed by atoms with Gasteiger partial charge in [0.15, 0.2) is 0 Å². The van der Waals surface area contributed by atoms with E-state index < -0.39 is 23.8 Å². The quantitative estimate of drug-likeness (QED) is 0.329. The predicted molar refractivity (Wildman–Crippen MR) is 93.8 cm³/mol. The van der Waals surface area contributed by atoms with Crippen LogP contribution in [0.15, 0.2) is 35.5 Å². The highest BCUT2D eigenvalue weighted by molar-refractivity contribution is 5.91. The van der Waals surface area contributed by atoms with Crippen LogP contribution in [0.4, 0.5) is 0 Å². The van der Waals surface area contributed by atoms with Crippen LogP contribution in [-0.4, -0.2) is 46.7 Å². The van der Waals surface area contributed by atoms with Crippen LogP contribution in [0.2, 0.25) is 0 Å². The number of esters is 1. The van der Waals surface area contributed by atoms with Gasteiger partial charge < -0.3 is 19.7 Å². The van der Waals surface area contributed by atoms with Gasteiger partial charge in [-0.25, -0.2) is 4.79 Å². The van der Waals surface area contributed by atoms with Crippen molar-refractivity contribution in [2.45, 2.75) is 69.9 Å². The van der Waals surface area contributed by atoms with E-state index in [0.717, 1.165) is 31.3 Å². The van der Waals surface area contributed by atoms with E-state index in [-0.39, 0.29) is 18.6 Å². The molecule has 0 aromatic heterocycles. The summed E-state index contributed by atoms with van der Waals surface area (Å²) in [4.78, 5) is 12.0. The highest BCUT2D eigenvalue weighted by Crippen LogP contribution is 2.47. The number of hydrogen-bond acceptors (Lipinski definition) is 5. The zero-order chi connectivity index (χ0) is 18.2. The third-order valence-electron chi connectivity index (χ3n) is 5.83. The van der Waals surface area contributed by atoms with Gasteiger partial charge in [0.05, 0.1) is 12.7 Å². The van der Waals surface area contributed by atoms with E-state index in [1.54, 1.807) is 0 Å². The minimum atomic E-state index is -0.845. The van der Waals surface area contributed by atoms with Crippen molar-refractivity contribution in [2.75, 3.05) is 6.61 Å². The van der Waals surface area contributed by atoms with E-state index in [2.05, 4.69) is 19.6 Å². The smallest absolute Gasteiger partial charge is 0.334 e. The molecule has 5 atom stereocenters. The fraction of sp³-hybridized carbons (Fsp3) is 0.650. The first-order chi connectivity index (χ1) is 11.9. The second-order valence-electron chi connectivity index (χ2n) is 7.59. The first-order valence-corrected chi connectivity index (χ1v) is 9.07. The number of ether oxygens (including phenoxy) is 2. The Morgan fingerprint density at radius 1 is 1.32 bits per heavy atom. The summed E-state index contributed by atoms with van der Waals surface area (Å²) in [6.45, 7) is 7.79. The van der Waals surface area contributed by atoms with Gasteiger partial charge in [0.2, 0.25) is 0 Å². The summed E-state index contributed by atoms with van der Waals surface area (Å²) in [5, 5.41) is 20.5. The molecule has 0 radical (unpaired) electrons. The minimum absolute atomic E-state index is 0.0370. The maximum absolute atomic E-state index is 12.0. The molecule has 5 heteroatoms. The molecule has 0 bridgehead atoms. The number of aliphatic hydroxyl groups excluding tert-OH is 2. The topological polar surface area (TPSA) is 79.3 Å². The second-order valence-corrected chi connectivity index (χ2v) is 7.59. The monoisotopic (exact) mass is 348 g/mol. The van der Waals surface area contributed by atoms with Crippen molar-refractivity contribution in [1.82, 2.24) is 0 Å². The SMILES string of the molecule is C=C1C(=O)O[C@@H]2[C@@H]1C[C@H]1O[C@]1(CO)CC/C=C(\C)CC/C=C(/C)[C@@H]2O. The number of carbonyl (C=O) groups is 1. The molecule has 0 amide bonds. The van der Waals surface area contributed by atoms with Gasteiger partial charge in [-0.1, -0.05) is 24.3 Å². The maximum atomic E-state index is 12.0. The average Bonchev–Trinajstić information content (AvgIpc) is 3.20. The van der Waals surface area contributed by atoms with Crippen LogP contribution in [0.1, 0.15) is 46.0 Å². The third-order valence-corrected chi connectivity index (χ3v) is 5.83. The highest BCUT2D eigenvalue weighted by atomic mass is 16.6. The summed E-state index contributed by atoms with van der Waals surface area (Å²) in [7, 11) is 0. The summed E-state index contributed by atoms with van der Waals surface area (Å²) >= 11 is 0. The van der Waals surface area contributed by atoms with Crippen LogP contribution in [-0.2, 0) is 14.3 Å². The van der Waals surface area contributed by atoms with Crippen molar-refractivity contribution in [3.63, 3.8) is 0 Å². The molecule has 2 N–H and O–H groups in total. The van der Waals surface area contributed by atoms with Gasteiger partial charge >= 0.3 is 5.97 Å². The van der Waals surface area contributed by atoms with Crippen LogP contribution in [0.25, 0.3) is 0 Å². The Morgan fingerprint density at radius 2 is 2.08 bits per heavy atom. The molecule has 0 spiro atoms. The van der Waals surface area contributed by atoms with E-state index in [9.17, 15) is 15.0 Å². The first kappa shape index (κ1) is 18.4.